The van der Waals surface area contributed by atoms with Crippen LogP contribution in [-0.4, -0.2) is 53.4 Å². The van der Waals surface area contributed by atoms with Crippen LogP contribution in [0.4, 0.5) is 0 Å². The summed E-state index contributed by atoms with van der Waals surface area (Å²) in [6, 6.07) is 5.21. The molecular weight excluding hydrogens is 472 g/mol. The van der Waals surface area contributed by atoms with E-state index in [0.717, 1.165) is 18.2 Å². The minimum Gasteiger partial charge on any atom is -0.467 e. The fourth-order valence-corrected chi connectivity index (χ4v) is 4.92. The fraction of sp³-hybridized carbons (Fsp3) is 0.520. The van der Waals surface area contributed by atoms with Crippen molar-refractivity contribution >= 4 is 46.2 Å². The third kappa shape index (κ3) is 5.96. The Morgan fingerprint density at radius 3 is 2.51 bits per heavy atom. The number of fused-ring (bicyclic) bond motifs is 1. The summed E-state index contributed by atoms with van der Waals surface area (Å²) in [5.41, 5.74) is 0.555. The maximum absolute atomic E-state index is 13.2. The number of H-pyrrole nitrogens is 1. The Balaban J connectivity index is 1.47. The van der Waals surface area contributed by atoms with Crippen LogP contribution < -0.4 is 16.0 Å². The lowest BCUT2D eigenvalue weighted by atomic mass is 9.91. The second kappa shape index (κ2) is 9.89. The van der Waals surface area contributed by atoms with Gasteiger partial charge < -0.3 is 25.7 Å². The van der Waals surface area contributed by atoms with Gasteiger partial charge in [0.25, 0.3) is 5.91 Å². The first-order valence-corrected chi connectivity index (χ1v) is 12.2. The van der Waals surface area contributed by atoms with Crippen LogP contribution in [0.25, 0.3) is 10.9 Å². The molecule has 2 aliphatic rings. The third-order valence-corrected chi connectivity index (χ3v) is 6.96. The number of halogens is 1. The molecule has 1 aromatic heterocycles. The van der Waals surface area contributed by atoms with Crippen LogP contribution in [0.2, 0.25) is 5.02 Å². The largest absolute Gasteiger partial charge is 0.467 e. The van der Waals surface area contributed by atoms with Gasteiger partial charge in [0.15, 0.2) is 0 Å². The molecule has 2 heterocycles. The molecule has 4 N–H and O–H groups in total. The molecule has 1 saturated heterocycles. The van der Waals surface area contributed by atoms with Crippen molar-refractivity contribution < 1.29 is 23.9 Å². The molecule has 9 nitrogen and oxygen atoms in total. The topological polar surface area (TPSA) is 129 Å². The van der Waals surface area contributed by atoms with E-state index in [1.165, 1.54) is 7.11 Å². The molecule has 0 radical (unpaired) electrons. The second-order valence-electron chi connectivity index (χ2n) is 10.2. The molecule has 188 valence electrons. The highest BCUT2D eigenvalue weighted by molar-refractivity contribution is 6.35. The molecular formula is C25H31ClN4O5. The Hall–Kier alpha value is -3.07. The molecule has 35 heavy (non-hydrogen) atoms. The third-order valence-electron chi connectivity index (χ3n) is 6.65. The monoisotopic (exact) mass is 502 g/mol. The van der Waals surface area contributed by atoms with Crippen LogP contribution in [0.1, 0.15) is 56.4 Å². The summed E-state index contributed by atoms with van der Waals surface area (Å²) in [6.07, 6.45) is 3.10. The zero-order chi connectivity index (χ0) is 25.3. The van der Waals surface area contributed by atoms with Crippen LogP contribution in [0.5, 0.6) is 0 Å². The number of hydrogen-bond acceptors (Lipinski definition) is 5. The number of aromatic amines is 1. The van der Waals surface area contributed by atoms with E-state index in [1.54, 1.807) is 18.2 Å². The number of amides is 3. The standard InChI is InChI=1S/C25H31ClN4O5/c1-25(2)12-15(21(31)30-25)11-19(24(34)35-3)29-22(32)17(9-13-7-8-13)28-23(33)18-10-14-5-4-6-16(26)20(14)27-18/h4-6,10,13,15,17,19,27H,7-9,11-12H2,1-3H3,(H,28,33)(H,29,32)(H,30,31)/t15?,17-,19-/m0/s1. The number of carbonyl (C=O) groups excluding carboxylic acids is 4. The number of aromatic nitrogens is 1. The number of carbonyl (C=O) groups is 4. The number of hydrogen-bond donors (Lipinski definition) is 4. The van der Waals surface area contributed by atoms with Crippen molar-refractivity contribution in [2.75, 3.05) is 7.11 Å². The Morgan fingerprint density at radius 2 is 1.91 bits per heavy atom. The van der Waals surface area contributed by atoms with E-state index in [9.17, 15) is 19.2 Å². The smallest absolute Gasteiger partial charge is 0.328 e. The van der Waals surface area contributed by atoms with Gasteiger partial charge in [0.2, 0.25) is 11.8 Å². The molecule has 0 spiro atoms. The number of benzene rings is 1. The first-order chi connectivity index (χ1) is 16.6. The molecule has 1 saturated carbocycles. The van der Waals surface area contributed by atoms with Crippen LogP contribution in [-0.2, 0) is 19.1 Å². The molecule has 1 aliphatic carbocycles. The van der Waals surface area contributed by atoms with Crippen LogP contribution >= 0.6 is 11.6 Å². The predicted molar refractivity (Wildman–Crippen MR) is 131 cm³/mol. The zero-order valence-electron chi connectivity index (χ0n) is 20.1. The van der Waals surface area contributed by atoms with Gasteiger partial charge in [0, 0.05) is 16.8 Å². The molecule has 2 fully saturated rings. The average Bonchev–Trinajstić information content (AvgIpc) is 3.43. The summed E-state index contributed by atoms with van der Waals surface area (Å²) in [5.74, 6) is -1.80. The molecule has 4 rings (SSSR count). The molecule has 10 heteroatoms. The number of methoxy groups -OCH3 is 1. The Bertz CT molecular complexity index is 1160. The van der Waals surface area contributed by atoms with E-state index < -0.39 is 35.8 Å². The Labute approximate surface area is 208 Å². The number of ether oxygens (including phenoxy) is 1. The van der Waals surface area contributed by atoms with E-state index in [4.69, 9.17) is 16.3 Å². The molecule has 1 aliphatic heterocycles. The van der Waals surface area contributed by atoms with Crippen LogP contribution in [0, 0.1) is 11.8 Å². The number of esters is 1. The normalized spacial score (nSPS) is 20.7. The number of nitrogens with one attached hydrogen (secondary N) is 4. The van der Waals surface area contributed by atoms with Gasteiger partial charge >= 0.3 is 5.97 Å². The Kier molecular flexibility index (Phi) is 7.07. The van der Waals surface area contributed by atoms with Gasteiger partial charge in [0.05, 0.1) is 17.6 Å². The van der Waals surface area contributed by atoms with Crippen LogP contribution in [0.3, 0.4) is 0 Å². The summed E-state index contributed by atoms with van der Waals surface area (Å²) in [6.45, 7) is 3.82. The minimum absolute atomic E-state index is 0.123. The first kappa shape index (κ1) is 25.0. The predicted octanol–water partition coefficient (Wildman–Crippen LogP) is 2.68. The average molecular weight is 503 g/mol. The molecule has 2 aromatic rings. The lowest BCUT2D eigenvalue weighted by Crippen LogP contribution is -2.52. The SMILES string of the molecule is COC(=O)[C@H](CC1CC(C)(C)NC1=O)NC(=O)[C@H](CC1CC1)NC(=O)c1cc2cccc(Cl)c2[nH]1. The maximum atomic E-state index is 13.2. The Morgan fingerprint density at radius 1 is 1.17 bits per heavy atom. The molecule has 1 unspecified atom stereocenters. The van der Waals surface area contributed by atoms with E-state index in [0.29, 0.717) is 29.3 Å². The van der Waals surface area contributed by atoms with Crippen molar-refractivity contribution in [1.82, 2.24) is 20.9 Å². The summed E-state index contributed by atoms with van der Waals surface area (Å²) < 4.78 is 4.89. The number of para-hydroxylation sites is 1. The quantitative estimate of drug-likeness (QED) is 0.392. The summed E-state index contributed by atoms with van der Waals surface area (Å²) in [5, 5.41) is 9.72. The van der Waals surface area contributed by atoms with Gasteiger partial charge in [-0.25, -0.2) is 4.79 Å². The second-order valence-corrected chi connectivity index (χ2v) is 10.6. The highest BCUT2D eigenvalue weighted by Crippen LogP contribution is 2.34. The van der Waals surface area contributed by atoms with Crippen molar-refractivity contribution in [2.24, 2.45) is 11.8 Å². The summed E-state index contributed by atoms with van der Waals surface area (Å²) >= 11 is 6.21. The van der Waals surface area contributed by atoms with Crippen molar-refractivity contribution in [3.05, 3.63) is 35.0 Å². The number of rotatable bonds is 9. The summed E-state index contributed by atoms with van der Waals surface area (Å²) in [4.78, 5) is 54.1. The minimum atomic E-state index is -0.998. The maximum Gasteiger partial charge on any atom is 0.328 e. The van der Waals surface area contributed by atoms with Gasteiger partial charge in [-0.15, -0.1) is 0 Å². The highest BCUT2D eigenvalue weighted by Gasteiger charge is 2.41. The fourth-order valence-electron chi connectivity index (χ4n) is 4.69. The van der Waals surface area contributed by atoms with Gasteiger partial charge in [-0.2, -0.15) is 0 Å². The van der Waals surface area contributed by atoms with Crippen molar-refractivity contribution in [1.29, 1.82) is 0 Å². The van der Waals surface area contributed by atoms with Crippen LogP contribution in [0.15, 0.2) is 24.3 Å². The highest BCUT2D eigenvalue weighted by atomic mass is 35.5. The van der Waals surface area contributed by atoms with Gasteiger partial charge in [-0.1, -0.05) is 36.6 Å². The summed E-state index contributed by atoms with van der Waals surface area (Å²) in [7, 11) is 1.24. The molecule has 3 amide bonds. The lowest BCUT2D eigenvalue weighted by molar-refractivity contribution is -0.146. The van der Waals surface area contributed by atoms with E-state index in [1.807, 2.05) is 19.9 Å². The van der Waals surface area contributed by atoms with E-state index in [-0.39, 0.29) is 23.6 Å². The molecule has 1 aromatic carbocycles. The lowest BCUT2D eigenvalue weighted by Gasteiger charge is -2.23. The first-order valence-electron chi connectivity index (χ1n) is 11.8. The zero-order valence-corrected chi connectivity index (χ0v) is 20.8. The molecule has 3 atom stereocenters. The van der Waals surface area contributed by atoms with Crippen molar-refractivity contribution in [2.45, 2.75) is 63.6 Å². The van der Waals surface area contributed by atoms with E-state index >= 15 is 0 Å². The molecule has 0 bridgehead atoms. The van der Waals surface area contributed by atoms with Crippen molar-refractivity contribution in [3.8, 4) is 0 Å². The van der Waals surface area contributed by atoms with Crippen molar-refractivity contribution in [3.63, 3.8) is 0 Å². The van der Waals surface area contributed by atoms with Gasteiger partial charge in [0.1, 0.15) is 17.8 Å². The van der Waals surface area contributed by atoms with Gasteiger partial charge in [-0.05, 0) is 51.2 Å². The van der Waals surface area contributed by atoms with Gasteiger partial charge in [-0.3, -0.25) is 14.4 Å². The van der Waals surface area contributed by atoms with E-state index in [2.05, 4.69) is 20.9 Å².